The second kappa shape index (κ2) is 6.35. The monoisotopic (exact) mass is 263 g/mol. The molecule has 2 rings (SSSR count). The van der Waals surface area contributed by atoms with Crippen LogP contribution in [0.5, 0.6) is 0 Å². The Morgan fingerprint density at radius 3 is 3.00 bits per heavy atom. The van der Waals surface area contributed by atoms with Crippen molar-refractivity contribution in [1.29, 1.82) is 0 Å². The first-order valence-corrected chi connectivity index (χ1v) is 7.12. The van der Waals surface area contributed by atoms with E-state index in [2.05, 4.69) is 49.0 Å². The smallest absolute Gasteiger partial charge is 0.0723 e. The molecule has 1 N–H and O–H groups in total. The van der Waals surface area contributed by atoms with E-state index in [1.807, 2.05) is 12.4 Å². The van der Waals surface area contributed by atoms with Crippen LogP contribution in [0, 0.1) is 0 Å². The third-order valence-electron chi connectivity index (χ3n) is 3.50. The fourth-order valence-electron chi connectivity index (χ4n) is 2.39. The number of hydrogen-bond donors (Lipinski definition) is 1. The summed E-state index contributed by atoms with van der Waals surface area (Å²) in [4.78, 5) is 6.70. The maximum absolute atomic E-state index is 5.71. The molecule has 0 bridgehead atoms. The lowest BCUT2D eigenvalue weighted by Gasteiger charge is -2.39. The first-order valence-electron chi connectivity index (χ1n) is 7.12. The highest BCUT2D eigenvalue weighted by Gasteiger charge is 2.25. The van der Waals surface area contributed by atoms with Crippen molar-refractivity contribution < 1.29 is 4.74 Å². The number of pyridine rings is 1. The molecule has 106 valence electrons. The highest BCUT2D eigenvalue weighted by molar-refractivity contribution is 5.53. The lowest BCUT2D eigenvalue weighted by atomic mass is 10.1. The Bertz CT molecular complexity index is 408. The van der Waals surface area contributed by atoms with Crippen molar-refractivity contribution in [3.05, 3.63) is 24.0 Å². The third kappa shape index (κ3) is 3.67. The van der Waals surface area contributed by atoms with Gasteiger partial charge in [0.05, 0.1) is 12.7 Å². The summed E-state index contributed by atoms with van der Waals surface area (Å²) in [7, 11) is 0. The number of morpholine rings is 1. The lowest BCUT2D eigenvalue weighted by molar-refractivity contribution is 0.0343. The van der Waals surface area contributed by atoms with Crippen LogP contribution in [0.25, 0.3) is 0 Å². The van der Waals surface area contributed by atoms with Gasteiger partial charge in [-0.15, -0.1) is 0 Å². The largest absolute Gasteiger partial charge is 0.375 e. The Morgan fingerprint density at radius 1 is 1.47 bits per heavy atom. The molecule has 4 heteroatoms. The zero-order chi connectivity index (χ0) is 13.8. The quantitative estimate of drug-likeness (QED) is 0.903. The summed E-state index contributed by atoms with van der Waals surface area (Å²) >= 11 is 0. The summed E-state index contributed by atoms with van der Waals surface area (Å²) in [6.07, 6.45) is 4.13. The summed E-state index contributed by atoms with van der Waals surface area (Å²) in [5, 5.41) is 3.47. The van der Waals surface area contributed by atoms with Crippen molar-refractivity contribution in [2.45, 2.75) is 52.4 Å². The van der Waals surface area contributed by atoms with E-state index in [0.717, 1.165) is 19.7 Å². The Morgan fingerprint density at radius 2 is 2.26 bits per heavy atom. The molecular weight excluding hydrogens is 238 g/mol. The number of ether oxygens (including phenoxy) is 1. The summed E-state index contributed by atoms with van der Waals surface area (Å²) in [5.74, 6) is 0. The van der Waals surface area contributed by atoms with Crippen LogP contribution in [0.3, 0.4) is 0 Å². The molecule has 2 unspecified atom stereocenters. The molecule has 0 saturated carbocycles. The molecule has 1 aromatic heterocycles. The van der Waals surface area contributed by atoms with Crippen molar-refractivity contribution in [2.24, 2.45) is 0 Å². The minimum atomic E-state index is 0.287. The lowest BCUT2D eigenvalue weighted by Crippen LogP contribution is -2.48. The minimum Gasteiger partial charge on any atom is -0.375 e. The Balaban J connectivity index is 2.18. The van der Waals surface area contributed by atoms with E-state index in [0.29, 0.717) is 12.1 Å². The van der Waals surface area contributed by atoms with Crippen LogP contribution in [0.2, 0.25) is 0 Å². The van der Waals surface area contributed by atoms with E-state index in [1.165, 1.54) is 11.3 Å². The number of nitrogens with one attached hydrogen (secondary N) is 1. The van der Waals surface area contributed by atoms with Crippen molar-refractivity contribution in [1.82, 2.24) is 10.3 Å². The van der Waals surface area contributed by atoms with Crippen LogP contribution in [-0.2, 0) is 11.3 Å². The molecule has 19 heavy (non-hydrogen) atoms. The van der Waals surface area contributed by atoms with Gasteiger partial charge in [0, 0.05) is 48.8 Å². The van der Waals surface area contributed by atoms with Crippen LogP contribution >= 0.6 is 0 Å². The van der Waals surface area contributed by atoms with Gasteiger partial charge in [-0.25, -0.2) is 0 Å². The summed E-state index contributed by atoms with van der Waals surface area (Å²) in [5.41, 5.74) is 2.54. The Labute approximate surface area is 116 Å². The van der Waals surface area contributed by atoms with Gasteiger partial charge in [-0.1, -0.05) is 13.8 Å². The van der Waals surface area contributed by atoms with Gasteiger partial charge in [-0.2, -0.15) is 0 Å². The maximum Gasteiger partial charge on any atom is 0.0723 e. The topological polar surface area (TPSA) is 37.4 Å². The first kappa shape index (κ1) is 14.3. The molecule has 2 atom stereocenters. The molecule has 1 fully saturated rings. The van der Waals surface area contributed by atoms with Gasteiger partial charge < -0.3 is 15.0 Å². The van der Waals surface area contributed by atoms with E-state index in [1.54, 1.807) is 0 Å². The van der Waals surface area contributed by atoms with Crippen LogP contribution < -0.4 is 10.2 Å². The highest BCUT2D eigenvalue weighted by atomic mass is 16.5. The number of rotatable bonds is 4. The van der Waals surface area contributed by atoms with E-state index < -0.39 is 0 Å². The molecule has 0 radical (unpaired) electrons. The fraction of sp³-hybridized carbons (Fsp3) is 0.667. The number of nitrogens with zero attached hydrogens (tertiary/aromatic N) is 2. The Hall–Kier alpha value is -1.13. The average molecular weight is 263 g/mol. The summed E-state index contributed by atoms with van der Waals surface area (Å²) in [6.45, 7) is 11.3. The third-order valence-corrected chi connectivity index (χ3v) is 3.50. The summed E-state index contributed by atoms with van der Waals surface area (Å²) in [6, 6.07) is 3.01. The Kier molecular flexibility index (Phi) is 4.77. The zero-order valence-electron chi connectivity index (χ0n) is 12.4. The molecule has 0 spiro atoms. The van der Waals surface area contributed by atoms with Gasteiger partial charge in [0.15, 0.2) is 0 Å². The van der Waals surface area contributed by atoms with Crippen molar-refractivity contribution in [2.75, 3.05) is 18.1 Å². The van der Waals surface area contributed by atoms with Gasteiger partial charge >= 0.3 is 0 Å². The average Bonchev–Trinajstić information content (AvgIpc) is 2.39. The SMILES string of the molecule is CC(C)NCc1cnccc1N1CC(C)OCC1C. The van der Waals surface area contributed by atoms with Crippen LogP contribution in [0.4, 0.5) is 5.69 Å². The number of hydrogen-bond acceptors (Lipinski definition) is 4. The van der Waals surface area contributed by atoms with Crippen LogP contribution in [0.15, 0.2) is 18.5 Å². The van der Waals surface area contributed by atoms with E-state index in [-0.39, 0.29) is 6.10 Å². The fourth-order valence-corrected chi connectivity index (χ4v) is 2.39. The molecule has 0 amide bonds. The van der Waals surface area contributed by atoms with Gasteiger partial charge in [0.25, 0.3) is 0 Å². The summed E-state index contributed by atoms with van der Waals surface area (Å²) < 4.78 is 5.71. The molecule has 2 heterocycles. The van der Waals surface area contributed by atoms with Crippen molar-refractivity contribution in [3.63, 3.8) is 0 Å². The van der Waals surface area contributed by atoms with Gasteiger partial charge in [0.1, 0.15) is 0 Å². The minimum absolute atomic E-state index is 0.287. The molecule has 0 aromatic carbocycles. The van der Waals surface area contributed by atoms with Crippen LogP contribution in [0.1, 0.15) is 33.3 Å². The van der Waals surface area contributed by atoms with E-state index >= 15 is 0 Å². The predicted octanol–water partition coefficient (Wildman–Crippen LogP) is 2.19. The van der Waals surface area contributed by atoms with Gasteiger partial charge in [0.2, 0.25) is 0 Å². The molecule has 1 aliphatic rings. The molecule has 0 aliphatic carbocycles. The molecule has 1 saturated heterocycles. The molecule has 4 nitrogen and oxygen atoms in total. The molecule has 1 aliphatic heterocycles. The van der Waals surface area contributed by atoms with Crippen molar-refractivity contribution in [3.8, 4) is 0 Å². The first-order chi connectivity index (χ1) is 9.08. The normalized spacial score (nSPS) is 23.9. The second-order valence-corrected chi connectivity index (χ2v) is 5.69. The highest BCUT2D eigenvalue weighted by Crippen LogP contribution is 2.25. The van der Waals surface area contributed by atoms with E-state index in [9.17, 15) is 0 Å². The molecule has 1 aromatic rings. The van der Waals surface area contributed by atoms with Gasteiger partial charge in [-0.3, -0.25) is 4.98 Å². The zero-order valence-corrected chi connectivity index (χ0v) is 12.4. The van der Waals surface area contributed by atoms with Gasteiger partial charge in [-0.05, 0) is 19.9 Å². The van der Waals surface area contributed by atoms with E-state index in [4.69, 9.17) is 4.74 Å². The standard InChI is InChI=1S/C15H25N3O/c1-11(2)17-8-14-7-16-6-5-15(14)18-9-13(4)19-10-12(18)3/h5-7,11-13,17H,8-10H2,1-4H3. The number of anilines is 1. The molecular formula is C15H25N3O. The second-order valence-electron chi connectivity index (χ2n) is 5.69. The predicted molar refractivity (Wildman–Crippen MR) is 78.4 cm³/mol. The maximum atomic E-state index is 5.71. The van der Waals surface area contributed by atoms with Crippen LogP contribution in [-0.4, -0.2) is 36.3 Å². The number of aromatic nitrogens is 1. The van der Waals surface area contributed by atoms with Crippen molar-refractivity contribution >= 4 is 5.69 Å².